The predicted molar refractivity (Wildman–Crippen MR) is 59.9 cm³/mol. The van der Waals surface area contributed by atoms with Gasteiger partial charge < -0.3 is 5.73 Å². The van der Waals surface area contributed by atoms with Crippen LogP contribution in [0.4, 0.5) is 0 Å². The van der Waals surface area contributed by atoms with Crippen LogP contribution in [0.1, 0.15) is 32.6 Å². The summed E-state index contributed by atoms with van der Waals surface area (Å²) in [5.41, 5.74) is 7.42. The Hall–Kier alpha value is -1.14. The molecule has 2 unspecified atom stereocenters. The molecule has 0 aromatic rings. The highest BCUT2D eigenvalue weighted by Crippen LogP contribution is 2.21. The number of hydrazine groups is 1. The van der Waals surface area contributed by atoms with Gasteiger partial charge in [0.2, 0.25) is 11.8 Å². The lowest BCUT2D eigenvalue weighted by Gasteiger charge is -2.28. The SMILES string of the molecule is CC(CCC(=O)NN)N1CCCC1C(N)=O. The van der Waals surface area contributed by atoms with E-state index in [0.29, 0.717) is 12.8 Å². The monoisotopic (exact) mass is 228 g/mol. The van der Waals surface area contributed by atoms with Crippen LogP contribution < -0.4 is 17.0 Å². The van der Waals surface area contributed by atoms with Gasteiger partial charge in [-0.1, -0.05) is 0 Å². The molecule has 6 heteroatoms. The maximum Gasteiger partial charge on any atom is 0.234 e. The minimum absolute atomic E-state index is 0.170. The molecule has 1 aliphatic rings. The summed E-state index contributed by atoms with van der Waals surface area (Å²) < 4.78 is 0. The zero-order valence-corrected chi connectivity index (χ0v) is 9.61. The van der Waals surface area contributed by atoms with E-state index in [1.807, 2.05) is 6.92 Å². The summed E-state index contributed by atoms with van der Waals surface area (Å²) in [5.74, 6) is 4.55. The number of amides is 2. The molecule has 1 rings (SSSR count). The number of carbonyl (C=O) groups is 2. The first kappa shape index (κ1) is 12.9. The van der Waals surface area contributed by atoms with Gasteiger partial charge in [-0.05, 0) is 32.7 Å². The third kappa shape index (κ3) is 3.18. The van der Waals surface area contributed by atoms with Crippen LogP contribution in [-0.2, 0) is 9.59 Å². The van der Waals surface area contributed by atoms with Crippen LogP contribution >= 0.6 is 0 Å². The Bertz CT molecular complexity index is 270. The van der Waals surface area contributed by atoms with Crippen molar-refractivity contribution >= 4 is 11.8 Å². The topological polar surface area (TPSA) is 101 Å². The van der Waals surface area contributed by atoms with E-state index < -0.39 is 0 Å². The fourth-order valence-corrected chi connectivity index (χ4v) is 2.20. The van der Waals surface area contributed by atoms with E-state index in [2.05, 4.69) is 10.3 Å². The summed E-state index contributed by atoms with van der Waals surface area (Å²) >= 11 is 0. The van der Waals surface area contributed by atoms with E-state index in [1.165, 1.54) is 0 Å². The highest BCUT2D eigenvalue weighted by atomic mass is 16.2. The molecule has 5 N–H and O–H groups in total. The van der Waals surface area contributed by atoms with E-state index in [9.17, 15) is 9.59 Å². The Kier molecular flexibility index (Phi) is 4.70. The van der Waals surface area contributed by atoms with Crippen molar-refractivity contribution in [2.75, 3.05) is 6.54 Å². The summed E-state index contributed by atoms with van der Waals surface area (Å²) in [6.07, 6.45) is 2.87. The van der Waals surface area contributed by atoms with Gasteiger partial charge in [-0.15, -0.1) is 0 Å². The van der Waals surface area contributed by atoms with Crippen molar-refractivity contribution in [2.24, 2.45) is 11.6 Å². The van der Waals surface area contributed by atoms with Gasteiger partial charge in [0, 0.05) is 12.5 Å². The standard InChI is InChI=1S/C10H20N4O2/c1-7(4-5-9(15)13-12)14-6-2-3-8(14)10(11)16/h7-8H,2-6,12H2,1H3,(H2,11,16)(H,13,15). The summed E-state index contributed by atoms with van der Waals surface area (Å²) in [4.78, 5) is 24.3. The molecule has 1 aliphatic heterocycles. The van der Waals surface area contributed by atoms with Crippen molar-refractivity contribution in [1.82, 2.24) is 10.3 Å². The molecule has 0 aliphatic carbocycles. The molecule has 16 heavy (non-hydrogen) atoms. The molecular weight excluding hydrogens is 208 g/mol. The molecule has 2 amide bonds. The second-order valence-electron chi connectivity index (χ2n) is 4.25. The van der Waals surface area contributed by atoms with Crippen LogP contribution in [0.2, 0.25) is 0 Å². The van der Waals surface area contributed by atoms with Gasteiger partial charge in [-0.2, -0.15) is 0 Å². The van der Waals surface area contributed by atoms with Crippen LogP contribution in [0.5, 0.6) is 0 Å². The van der Waals surface area contributed by atoms with Crippen molar-refractivity contribution in [3.63, 3.8) is 0 Å². The smallest absolute Gasteiger partial charge is 0.234 e. The number of hydrogen-bond donors (Lipinski definition) is 3. The molecule has 1 heterocycles. The summed E-state index contributed by atoms with van der Waals surface area (Å²) in [6, 6.07) is 0.00763. The van der Waals surface area contributed by atoms with Gasteiger partial charge in [-0.25, -0.2) is 5.84 Å². The minimum atomic E-state index is -0.271. The second-order valence-corrected chi connectivity index (χ2v) is 4.25. The van der Waals surface area contributed by atoms with Gasteiger partial charge >= 0.3 is 0 Å². The largest absolute Gasteiger partial charge is 0.368 e. The molecule has 0 bridgehead atoms. The first-order valence-corrected chi connectivity index (χ1v) is 5.60. The van der Waals surface area contributed by atoms with Gasteiger partial charge in [0.1, 0.15) is 0 Å². The average molecular weight is 228 g/mol. The molecule has 92 valence electrons. The van der Waals surface area contributed by atoms with Crippen molar-refractivity contribution in [3.05, 3.63) is 0 Å². The average Bonchev–Trinajstić information content (AvgIpc) is 2.74. The first-order valence-electron chi connectivity index (χ1n) is 5.60. The van der Waals surface area contributed by atoms with E-state index >= 15 is 0 Å². The molecule has 0 aromatic heterocycles. The van der Waals surface area contributed by atoms with Crippen LogP contribution in [0.15, 0.2) is 0 Å². The summed E-state index contributed by atoms with van der Waals surface area (Å²) in [6.45, 7) is 2.88. The quantitative estimate of drug-likeness (QED) is 0.322. The van der Waals surface area contributed by atoms with Gasteiger partial charge in [-0.3, -0.25) is 19.9 Å². The van der Waals surface area contributed by atoms with E-state index in [1.54, 1.807) is 0 Å². The second kappa shape index (κ2) is 5.81. The molecular formula is C10H20N4O2. The molecule has 2 atom stereocenters. The van der Waals surface area contributed by atoms with Gasteiger partial charge in [0.25, 0.3) is 0 Å². The molecule has 0 spiro atoms. The molecule has 0 radical (unpaired) electrons. The zero-order valence-electron chi connectivity index (χ0n) is 9.61. The van der Waals surface area contributed by atoms with Crippen LogP contribution in [-0.4, -0.2) is 35.3 Å². The fraction of sp³-hybridized carbons (Fsp3) is 0.800. The number of carbonyl (C=O) groups excluding carboxylic acids is 2. The normalized spacial score (nSPS) is 23.0. The number of nitrogens with zero attached hydrogens (tertiary/aromatic N) is 1. The Morgan fingerprint density at radius 2 is 2.25 bits per heavy atom. The lowest BCUT2D eigenvalue weighted by Crippen LogP contribution is -2.45. The third-order valence-electron chi connectivity index (χ3n) is 3.14. The van der Waals surface area contributed by atoms with Crippen LogP contribution in [0.25, 0.3) is 0 Å². The fourth-order valence-electron chi connectivity index (χ4n) is 2.20. The Labute approximate surface area is 95.3 Å². The van der Waals surface area contributed by atoms with Crippen LogP contribution in [0.3, 0.4) is 0 Å². The van der Waals surface area contributed by atoms with Crippen LogP contribution in [0, 0.1) is 0 Å². The van der Waals surface area contributed by atoms with Crippen molar-refractivity contribution in [3.8, 4) is 0 Å². The van der Waals surface area contributed by atoms with Crippen molar-refractivity contribution in [1.29, 1.82) is 0 Å². The molecule has 1 fully saturated rings. The van der Waals surface area contributed by atoms with Crippen molar-refractivity contribution < 1.29 is 9.59 Å². The van der Waals surface area contributed by atoms with E-state index in [0.717, 1.165) is 19.4 Å². The van der Waals surface area contributed by atoms with E-state index in [4.69, 9.17) is 11.6 Å². The Morgan fingerprint density at radius 1 is 1.56 bits per heavy atom. The number of hydrogen-bond acceptors (Lipinski definition) is 4. The maximum atomic E-state index is 11.2. The highest BCUT2D eigenvalue weighted by Gasteiger charge is 2.32. The molecule has 0 aromatic carbocycles. The number of rotatable bonds is 5. The first-order chi connectivity index (χ1) is 7.56. The Balaban J connectivity index is 2.43. The minimum Gasteiger partial charge on any atom is -0.368 e. The lowest BCUT2D eigenvalue weighted by molar-refractivity contribution is -0.123. The van der Waals surface area contributed by atoms with E-state index in [-0.39, 0.29) is 23.9 Å². The van der Waals surface area contributed by atoms with Crippen molar-refractivity contribution in [2.45, 2.75) is 44.7 Å². The molecule has 0 saturated carbocycles. The highest BCUT2D eigenvalue weighted by molar-refractivity contribution is 5.80. The lowest BCUT2D eigenvalue weighted by atomic mass is 10.1. The van der Waals surface area contributed by atoms with Gasteiger partial charge in [0.15, 0.2) is 0 Å². The number of primary amides is 1. The number of nitrogens with one attached hydrogen (secondary N) is 1. The number of likely N-dealkylation sites (tertiary alicyclic amines) is 1. The Morgan fingerprint density at radius 3 is 2.81 bits per heavy atom. The van der Waals surface area contributed by atoms with Gasteiger partial charge in [0.05, 0.1) is 6.04 Å². The predicted octanol–water partition coefficient (Wildman–Crippen LogP) is -0.905. The molecule has 1 saturated heterocycles. The molecule has 6 nitrogen and oxygen atoms in total. The zero-order chi connectivity index (χ0) is 12.1. The number of nitrogens with two attached hydrogens (primary N) is 2. The third-order valence-corrected chi connectivity index (χ3v) is 3.14. The maximum absolute atomic E-state index is 11.2. The summed E-state index contributed by atoms with van der Waals surface area (Å²) in [7, 11) is 0. The summed E-state index contributed by atoms with van der Waals surface area (Å²) in [5, 5.41) is 0.